The molecule has 2 N–H and O–H groups in total. The highest BCUT2D eigenvalue weighted by Gasteiger charge is 2.29. The SMILES string of the molecule is COc1cc([B]O)cc(F)c1C(=O)NCC(F)(F)F. The monoisotopic (exact) mass is 278 g/mol. The number of nitrogens with one attached hydrogen (secondary N) is 1. The highest BCUT2D eigenvalue weighted by atomic mass is 19.4. The average Bonchev–Trinajstić information content (AvgIpc) is 2.33. The van der Waals surface area contributed by atoms with Gasteiger partial charge in [0.2, 0.25) is 0 Å². The summed E-state index contributed by atoms with van der Waals surface area (Å²) in [4.78, 5) is 11.5. The van der Waals surface area contributed by atoms with Crippen molar-refractivity contribution in [1.82, 2.24) is 5.32 Å². The van der Waals surface area contributed by atoms with Gasteiger partial charge in [0.25, 0.3) is 5.91 Å². The molecule has 0 aliphatic heterocycles. The van der Waals surface area contributed by atoms with E-state index in [4.69, 9.17) is 9.76 Å². The fraction of sp³-hybridized carbons (Fsp3) is 0.300. The molecule has 1 aromatic rings. The Labute approximate surface area is 106 Å². The molecule has 1 aromatic carbocycles. The summed E-state index contributed by atoms with van der Waals surface area (Å²) in [6.07, 6.45) is -4.60. The zero-order valence-corrected chi connectivity index (χ0v) is 9.71. The number of hydrogen-bond acceptors (Lipinski definition) is 3. The van der Waals surface area contributed by atoms with E-state index in [2.05, 4.69) is 0 Å². The predicted octanol–water partition coefficient (Wildman–Crippen LogP) is 0.363. The van der Waals surface area contributed by atoms with E-state index in [9.17, 15) is 22.4 Å². The van der Waals surface area contributed by atoms with Gasteiger partial charge in [0.15, 0.2) is 0 Å². The van der Waals surface area contributed by atoms with Crippen LogP contribution in [0.4, 0.5) is 17.6 Å². The van der Waals surface area contributed by atoms with Crippen molar-refractivity contribution < 1.29 is 32.1 Å². The maximum Gasteiger partial charge on any atom is 0.405 e. The van der Waals surface area contributed by atoms with Crippen molar-refractivity contribution in [2.75, 3.05) is 13.7 Å². The standard InChI is InChI=1S/C10H9BF4NO3/c1-19-7-3-5(11-18)2-6(12)8(7)9(17)16-4-10(13,14)15/h2-3,18H,4H2,1H3,(H,16,17). The lowest BCUT2D eigenvalue weighted by Crippen LogP contribution is -2.34. The average molecular weight is 278 g/mol. The minimum atomic E-state index is -4.60. The van der Waals surface area contributed by atoms with E-state index in [0.29, 0.717) is 7.48 Å². The Morgan fingerprint density at radius 2 is 2.11 bits per heavy atom. The molecule has 0 fully saturated rings. The molecule has 9 heteroatoms. The zero-order chi connectivity index (χ0) is 14.6. The Balaban J connectivity index is 3.02. The van der Waals surface area contributed by atoms with Crippen molar-refractivity contribution in [2.24, 2.45) is 0 Å². The molecule has 1 radical (unpaired) electrons. The first-order valence-corrected chi connectivity index (χ1v) is 4.98. The smallest absolute Gasteiger partial charge is 0.405 e. The van der Waals surface area contributed by atoms with E-state index in [1.165, 1.54) is 5.32 Å². The van der Waals surface area contributed by atoms with E-state index in [1.807, 2.05) is 0 Å². The number of methoxy groups -OCH3 is 1. The number of ether oxygens (including phenoxy) is 1. The maximum absolute atomic E-state index is 13.6. The molecule has 0 heterocycles. The summed E-state index contributed by atoms with van der Waals surface area (Å²) in [6.45, 7) is -1.58. The Kier molecular flexibility index (Phi) is 4.76. The third kappa shape index (κ3) is 4.13. The van der Waals surface area contributed by atoms with Gasteiger partial charge >= 0.3 is 13.7 Å². The molecule has 0 atom stereocenters. The van der Waals surface area contributed by atoms with Gasteiger partial charge in [0.05, 0.1) is 7.11 Å². The molecule has 0 aliphatic carbocycles. The summed E-state index contributed by atoms with van der Waals surface area (Å²) in [7, 11) is 1.69. The van der Waals surface area contributed by atoms with Crippen molar-refractivity contribution in [3.63, 3.8) is 0 Å². The van der Waals surface area contributed by atoms with Crippen molar-refractivity contribution >= 4 is 18.9 Å². The number of hydrogen-bond donors (Lipinski definition) is 2. The van der Waals surface area contributed by atoms with Gasteiger partial charge in [-0.1, -0.05) is 0 Å². The Bertz CT molecular complexity index is 479. The maximum atomic E-state index is 13.6. The molecule has 0 unspecified atom stereocenters. The van der Waals surface area contributed by atoms with Crippen LogP contribution in [0, 0.1) is 5.82 Å². The summed E-state index contributed by atoms with van der Waals surface area (Å²) in [6, 6.07) is 1.91. The molecule has 0 spiro atoms. The Morgan fingerprint density at radius 1 is 1.47 bits per heavy atom. The fourth-order valence-corrected chi connectivity index (χ4v) is 1.33. The highest BCUT2D eigenvalue weighted by Crippen LogP contribution is 2.20. The molecular formula is C10H9BF4NO3. The fourth-order valence-electron chi connectivity index (χ4n) is 1.33. The molecule has 1 amide bonds. The molecular weight excluding hydrogens is 269 g/mol. The third-order valence-corrected chi connectivity index (χ3v) is 2.12. The minimum Gasteiger partial charge on any atom is -0.496 e. The quantitative estimate of drug-likeness (QED) is 0.617. The predicted molar refractivity (Wildman–Crippen MR) is 58.9 cm³/mol. The molecule has 19 heavy (non-hydrogen) atoms. The number of halogens is 4. The van der Waals surface area contributed by atoms with Gasteiger partial charge in [-0.3, -0.25) is 4.79 Å². The number of rotatable bonds is 4. The van der Waals surface area contributed by atoms with Gasteiger partial charge in [-0.25, -0.2) is 4.39 Å². The molecule has 0 saturated carbocycles. The van der Waals surface area contributed by atoms with Crippen molar-refractivity contribution in [3.05, 3.63) is 23.5 Å². The topological polar surface area (TPSA) is 58.6 Å². The summed E-state index contributed by atoms with van der Waals surface area (Å²) >= 11 is 0. The van der Waals surface area contributed by atoms with Crippen LogP contribution >= 0.6 is 0 Å². The third-order valence-electron chi connectivity index (χ3n) is 2.12. The van der Waals surface area contributed by atoms with Crippen LogP contribution < -0.4 is 15.5 Å². The second kappa shape index (κ2) is 5.92. The lowest BCUT2D eigenvalue weighted by atomic mass is 9.87. The van der Waals surface area contributed by atoms with Crippen molar-refractivity contribution in [2.45, 2.75) is 6.18 Å². The number of carbonyl (C=O) groups excluding carboxylic acids is 1. The van der Waals surface area contributed by atoms with Crippen molar-refractivity contribution in [1.29, 1.82) is 0 Å². The molecule has 0 saturated heterocycles. The van der Waals surface area contributed by atoms with E-state index >= 15 is 0 Å². The first-order chi connectivity index (χ1) is 8.78. The minimum absolute atomic E-state index is 0.0155. The molecule has 0 bridgehead atoms. The van der Waals surface area contributed by atoms with Crippen LogP contribution in [0.1, 0.15) is 10.4 Å². The molecule has 103 valence electrons. The first-order valence-electron chi connectivity index (χ1n) is 4.98. The lowest BCUT2D eigenvalue weighted by molar-refractivity contribution is -0.123. The second-order valence-electron chi connectivity index (χ2n) is 3.51. The molecule has 4 nitrogen and oxygen atoms in total. The van der Waals surface area contributed by atoms with Gasteiger partial charge < -0.3 is 15.1 Å². The summed E-state index contributed by atoms with van der Waals surface area (Å²) in [5, 5.41) is 10.3. The summed E-state index contributed by atoms with van der Waals surface area (Å²) in [5.74, 6) is -2.63. The highest BCUT2D eigenvalue weighted by molar-refractivity contribution is 6.45. The Hall–Kier alpha value is -1.77. The van der Waals surface area contributed by atoms with Crippen LogP contribution in [0.5, 0.6) is 5.75 Å². The van der Waals surface area contributed by atoms with Crippen LogP contribution in [0.15, 0.2) is 12.1 Å². The van der Waals surface area contributed by atoms with Gasteiger partial charge in [-0.05, 0) is 17.6 Å². The normalized spacial score (nSPS) is 11.1. The van der Waals surface area contributed by atoms with E-state index in [0.717, 1.165) is 19.2 Å². The number of amides is 1. The van der Waals surface area contributed by atoms with E-state index in [1.54, 1.807) is 0 Å². The first kappa shape index (κ1) is 15.3. The van der Waals surface area contributed by atoms with E-state index < -0.39 is 30.0 Å². The van der Waals surface area contributed by atoms with Gasteiger partial charge in [0.1, 0.15) is 23.7 Å². The van der Waals surface area contributed by atoms with Gasteiger partial charge in [0, 0.05) is 0 Å². The van der Waals surface area contributed by atoms with Gasteiger partial charge in [-0.15, -0.1) is 0 Å². The van der Waals surface area contributed by atoms with Crippen LogP contribution in [-0.4, -0.2) is 38.2 Å². The lowest BCUT2D eigenvalue weighted by Gasteiger charge is -2.12. The van der Waals surface area contributed by atoms with Crippen molar-refractivity contribution in [3.8, 4) is 5.75 Å². The molecule has 0 aromatic heterocycles. The van der Waals surface area contributed by atoms with E-state index in [-0.39, 0.29) is 11.2 Å². The molecule has 1 rings (SSSR count). The largest absolute Gasteiger partial charge is 0.496 e. The van der Waals surface area contributed by atoms with Crippen LogP contribution in [0.2, 0.25) is 0 Å². The Morgan fingerprint density at radius 3 is 2.58 bits per heavy atom. The van der Waals surface area contributed by atoms with Crippen LogP contribution in [0.3, 0.4) is 0 Å². The van der Waals surface area contributed by atoms with Gasteiger partial charge in [-0.2, -0.15) is 13.2 Å². The number of alkyl halides is 3. The molecule has 0 aliphatic rings. The summed E-state index contributed by atoms with van der Waals surface area (Å²) in [5.41, 5.74) is -0.640. The van der Waals surface area contributed by atoms with Crippen LogP contribution in [-0.2, 0) is 0 Å². The number of benzene rings is 1. The van der Waals surface area contributed by atoms with Crippen LogP contribution in [0.25, 0.3) is 0 Å². The second-order valence-corrected chi connectivity index (χ2v) is 3.51. The summed E-state index contributed by atoms with van der Waals surface area (Å²) < 4.78 is 54.2. The number of carbonyl (C=O) groups is 1. The zero-order valence-electron chi connectivity index (χ0n) is 9.71.